The first-order valence-electron chi connectivity index (χ1n) is 6.47. The van der Waals surface area contributed by atoms with Crippen LogP contribution in [-0.4, -0.2) is 20.8 Å². The Kier molecular flexibility index (Phi) is 3.99. The van der Waals surface area contributed by atoms with Gasteiger partial charge in [0.15, 0.2) is 0 Å². The monoisotopic (exact) mass is 222 g/mol. The standard InChI is InChI=1S/C13H22N2O/c1-2-7-15-8-6-14-13(15)10-12(16)9-11-4-3-5-11/h6,8,11-12,16H,2-5,7,9-10H2,1H3. The Hall–Kier alpha value is -0.830. The smallest absolute Gasteiger partial charge is 0.111 e. The van der Waals surface area contributed by atoms with E-state index in [9.17, 15) is 5.11 Å². The first-order chi connectivity index (χ1) is 7.79. The van der Waals surface area contributed by atoms with Crippen molar-refractivity contribution < 1.29 is 5.11 Å². The molecule has 0 radical (unpaired) electrons. The second kappa shape index (κ2) is 5.48. The zero-order valence-electron chi connectivity index (χ0n) is 10.1. The van der Waals surface area contributed by atoms with Gasteiger partial charge in [0.2, 0.25) is 0 Å². The molecule has 3 nitrogen and oxygen atoms in total. The normalized spacial score (nSPS) is 18.4. The Morgan fingerprint density at radius 3 is 3.00 bits per heavy atom. The third kappa shape index (κ3) is 2.85. The number of nitrogens with zero attached hydrogens (tertiary/aromatic N) is 2. The van der Waals surface area contributed by atoms with E-state index in [1.807, 2.05) is 12.4 Å². The number of hydrogen-bond donors (Lipinski definition) is 1. The van der Waals surface area contributed by atoms with Crippen LogP contribution >= 0.6 is 0 Å². The maximum atomic E-state index is 10.00. The van der Waals surface area contributed by atoms with Crippen molar-refractivity contribution in [3.05, 3.63) is 18.2 Å². The van der Waals surface area contributed by atoms with E-state index in [2.05, 4.69) is 16.5 Å². The van der Waals surface area contributed by atoms with Crippen molar-refractivity contribution in [1.82, 2.24) is 9.55 Å². The average molecular weight is 222 g/mol. The molecule has 1 aliphatic rings. The van der Waals surface area contributed by atoms with Gasteiger partial charge in [-0.3, -0.25) is 0 Å². The second-order valence-corrected chi connectivity index (χ2v) is 4.93. The number of aliphatic hydroxyl groups excluding tert-OH is 1. The summed E-state index contributed by atoms with van der Waals surface area (Å²) < 4.78 is 2.16. The van der Waals surface area contributed by atoms with Crippen LogP contribution in [0.25, 0.3) is 0 Å². The molecule has 0 saturated heterocycles. The Labute approximate surface area is 97.5 Å². The van der Waals surface area contributed by atoms with Crippen LogP contribution in [0, 0.1) is 5.92 Å². The molecule has 1 saturated carbocycles. The number of hydrogen-bond acceptors (Lipinski definition) is 2. The van der Waals surface area contributed by atoms with Gasteiger partial charge in [-0.15, -0.1) is 0 Å². The lowest BCUT2D eigenvalue weighted by atomic mass is 9.81. The Morgan fingerprint density at radius 2 is 2.38 bits per heavy atom. The third-order valence-corrected chi connectivity index (χ3v) is 3.51. The average Bonchev–Trinajstić information content (AvgIpc) is 2.60. The van der Waals surface area contributed by atoms with Crippen LogP contribution in [-0.2, 0) is 13.0 Å². The van der Waals surface area contributed by atoms with Gasteiger partial charge in [0.1, 0.15) is 5.82 Å². The highest BCUT2D eigenvalue weighted by atomic mass is 16.3. The lowest BCUT2D eigenvalue weighted by Crippen LogP contribution is -2.22. The first kappa shape index (κ1) is 11.6. The SMILES string of the molecule is CCCn1ccnc1CC(O)CC1CCC1. The summed E-state index contributed by atoms with van der Waals surface area (Å²) in [6, 6.07) is 0. The molecule has 1 atom stereocenters. The summed E-state index contributed by atoms with van der Waals surface area (Å²) in [6.07, 6.45) is 10.4. The number of aryl methyl sites for hydroxylation is 1. The highest BCUT2D eigenvalue weighted by molar-refractivity contribution is 4.94. The summed E-state index contributed by atoms with van der Waals surface area (Å²) in [7, 11) is 0. The van der Waals surface area contributed by atoms with Crippen LogP contribution in [0.4, 0.5) is 0 Å². The van der Waals surface area contributed by atoms with E-state index in [1.165, 1.54) is 19.3 Å². The molecule has 1 aliphatic carbocycles. The lowest BCUT2D eigenvalue weighted by molar-refractivity contribution is 0.115. The minimum Gasteiger partial charge on any atom is -0.393 e. The molecule has 1 aromatic heterocycles. The van der Waals surface area contributed by atoms with E-state index in [1.54, 1.807) is 0 Å². The Bertz CT molecular complexity index is 317. The molecule has 1 fully saturated rings. The molecule has 0 amide bonds. The van der Waals surface area contributed by atoms with Crippen molar-refractivity contribution in [1.29, 1.82) is 0 Å². The van der Waals surface area contributed by atoms with Crippen molar-refractivity contribution in [2.24, 2.45) is 5.92 Å². The Balaban J connectivity index is 1.84. The van der Waals surface area contributed by atoms with E-state index in [0.717, 1.165) is 31.1 Å². The van der Waals surface area contributed by atoms with Gasteiger partial charge in [0, 0.05) is 25.4 Å². The highest BCUT2D eigenvalue weighted by Gasteiger charge is 2.21. The van der Waals surface area contributed by atoms with Crippen molar-refractivity contribution in [2.75, 3.05) is 0 Å². The molecule has 0 bridgehead atoms. The van der Waals surface area contributed by atoms with Gasteiger partial charge >= 0.3 is 0 Å². The van der Waals surface area contributed by atoms with Crippen molar-refractivity contribution >= 4 is 0 Å². The summed E-state index contributed by atoms with van der Waals surface area (Å²) in [5.41, 5.74) is 0. The third-order valence-electron chi connectivity index (χ3n) is 3.51. The van der Waals surface area contributed by atoms with Crippen molar-refractivity contribution in [2.45, 2.75) is 58.1 Å². The van der Waals surface area contributed by atoms with Gasteiger partial charge in [-0.2, -0.15) is 0 Å². The number of aromatic nitrogens is 2. The van der Waals surface area contributed by atoms with E-state index < -0.39 is 0 Å². The molecule has 1 unspecified atom stereocenters. The van der Waals surface area contributed by atoms with Crippen molar-refractivity contribution in [3.63, 3.8) is 0 Å². The molecule has 90 valence electrons. The van der Waals surface area contributed by atoms with E-state index in [4.69, 9.17) is 0 Å². The minimum atomic E-state index is -0.205. The van der Waals surface area contributed by atoms with Crippen LogP contribution in [0.5, 0.6) is 0 Å². The fourth-order valence-corrected chi connectivity index (χ4v) is 2.38. The highest BCUT2D eigenvalue weighted by Crippen LogP contribution is 2.30. The predicted octanol–water partition coefficient (Wildman–Crippen LogP) is 2.39. The van der Waals surface area contributed by atoms with E-state index in [0.29, 0.717) is 6.42 Å². The van der Waals surface area contributed by atoms with Gasteiger partial charge in [-0.05, 0) is 18.8 Å². The number of rotatable bonds is 6. The van der Waals surface area contributed by atoms with Gasteiger partial charge in [0.05, 0.1) is 6.10 Å². The molecule has 16 heavy (non-hydrogen) atoms. The van der Waals surface area contributed by atoms with Crippen LogP contribution in [0.3, 0.4) is 0 Å². The molecule has 0 aliphatic heterocycles. The minimum absolute atomic E-state index is 0.205. The van der Waals surface area contributed by atoms with Gasteiger partial charge in [0.25, 0.3) is 0 Å². The van der Waals surface area contributed by atoms with Crippen LogP contribution < -0.4 is 0 Å². The topological polar surface area (TPSA) is 38.0 Å². The zero-order chi connectivity index (χ0) is 11.4. The molecule has 0 spiro atoms. The second-order valence-electron chi connectivity index (χ2n) is 4.93. The van der Waals surface area contributed by atoms with Crippen LogP contribution in [0.1, 0.15) is 44.9 Å². The zero-order valence-corrected chi connectivity index (χ0v) is 10.1. The molecular formula is C13H22N2O. The molecule has 2 rings (SSSR count). The molecule has 1 aromatic rings. The van der Waals surface area contributed by atoms with Gasteiger partial charge < -0.3 is 9.67 Å². The largest absolute Gasteiger partial charge is 0.393 e. The van der Waals surface area contributed by atoms with Gasteiger partial charge in [-0.1, -0.05) is 26.2 Å². The Morgan fingerprint density at radius 1 is 1.56 bits per heavy atom. The summed E-state index contributed by atoms with van der Waals surface area (Å²) >= 11 is 0. The van der Waals surface area contributed by atoms with Crippen molar-refractivity contribution in [3.8, 4) is 0 Å². The van der Waals surface area contributed by atoms with Gasteiger partial charge in [-0.25, -0.2) is 4.98 Å². The molecule has 1 heterocycles. The lowest BCUT2D eigenvalue weighted by Gasteiger charge is -2.27. The van der Waals surface area contributed by atoms with E-state index >= 15 is 0 Å². The maximum absolute atomic E-state index is 10.00. The summed E-state index contributed by atoms with van der Waals surface area (Å²) in [5.74, 6) is 1.80. The first-order valence-corrected chi connectivity index (χ1v) is 6.47. The molecule has 0 aromatic carbocycles. The fraction of sp³-hybridized carbons (Fsp3) is 0.769. The predicted molar refractivity (Wildman–Crippen MR) is 64.2 cm³/mol. The summed E-state index contributed by atoms with van der Waals surface area (Å²) in [6.45, 7) is 3.17. The molecular weight excluding hydrogens is 200 g/mol. The number of aliphatic hydroxyl groups is 1. The summed E-state index contributed by atoms with van der Waals surface area (Å²) in [5, 5.41) is 10.00. The fourth-order valence-electron chi connectivity index (χ4n) is 2.38. The summed E-state index contributed by atoms with van der Waals surface area (Å²) in [4.78, 5) is 4.33. The van der Waals surface area contributed by atoms with Crippen LogP contribution in [0.2, 0.25) is 0 Å². The van der Waals surface area contributed by atoms with E-state index in [-0.39, 0.29) is 6.10 Å². The molecule has 1 N–H and O–H groups in total. The quantitative estimate of drug-likeness (QED) is 0.802. The molecule has 3 heteroatoms. The van der Waals surface area contributed by atoms with Crippen LogP contribution in [0.15, 0.2) is 12.4 Å². The maximum Gasteiger partial charge on any atom is 0.111 e. The number of imidazole rings is 1.